The Morgan fingerprint density at radius 2 is 1.67 bits per heavy atom. The molecular formula is C15H15N3O3. The van der Waals surface area contributed by atoms with E-state index in [1.165, 1.54) is 30.4 Å². The molecular weight excluding hydrogens is 270 g/mol. The van der Waals surface area contributed by atoms with Gasteiger partial charge >= 0.3 is 0 Å². The quantitative estimate of drug-likeness (QED) is 0.815. The van der Waals surface area contributed by atoms with Crippen molar-refractivity contribution in [2.24, 2.45) is 11.5 Å². The Morgan fingerprint density at radius 1 is 1.00 bits per heavy atom. The van der Waals surface area contributed by atoms with E-state index in [1.807, 2.05) is 18.2 Å². The molecule has 2 rings (SSSR count). The number of amides is 2. The number of para-hydroxylation sites is 1. The number of nitrogens with zero attached hydrogens (tertiary/aromatic N) is 1. The molecule has 2 aromatic carbocycles. The van der Waals surface area contributed by atoms with E-state index >= 15 is 0 Å². The number of carbonyl (C=O) groups excluding carboxylic acids is 2. The van der Waals surface area contributed by atoms with Gasteiger partial charge < -0.3 is 11.5 Å². The number of hydrogen-bond donors (Lipinski definition) is 2. The van der Waals surface area contributed by atoms with Crippen LogP contribution >= 0.6 is 0 Å². The van der Waals surface area contributed by atoms with Gasteiger partial charge in [0.25, 0.3) is 5.91 Å². The van der Waals surface area contributed by atoms with Crippen molar-refractivity contribution in [2.75, 3.05) is 12.2 Å². The van der Waals surface area contributed by atoms with E-state index in [0.717, 1.165) is 0 Å². The van der Waals surface area contributed by atoms with Gasteiger partial charge in [0.05, 0.1) is 24.0 Å². The van der Waals surface area contributed by atoms with E-state index in [2.05, 4.69) is 0 Å². The fourth-order valence-electron chi connectivity index (χ4n) is 1.97. The SMILES string of the molecule is CON(c1ccccc1)c1cc(C(N)=O)ccc1C(N)=O. The van der Waals surface area contributed by atoms with Gasteiger partial charge in [0, 0.05) is 5.56 Å². The Balaban J connectivity index is 2.60. The number of anilines is 2. The van der Waals surface area contributed by atoms with E-state index < -0.39 is 11.8 Å². The van der Waals surface area contributed by atoms with Gasteiger partial charge in [-0.3, -0.25) is 14.4 Å². The summed E-state index contributed by atoms with van der Waals surface area (Å²) >= 11 is 0. The second-order valence-corrected chi connectivity index (χ2v) is 4.27. The zero-order valence-corrected chi connectivity index (χ0v) is 11.4. The van der Waals surface area contributed by atoms with Crippen molar-refractivity contribution in [2.45, 2.75) is 0 Å². The highest BCUT2D eigenvalue weighted by atomic mass is 16.7. The zero-order valence-electron chi connectivity index (χ0n) is 11.4. The van der Waals surface area contributed by atoms with Crippen LogP contribution in [0.5, 0.6) is 0 Å². The number of carbonyl (C=O) groups is 2. The maximum absolute atomic E-state index is 11.6. The maximum atomic E-state index is 11.6. The van der Waals surface area contributed by atoms with Crippen LogP contribution in [0.15, 0.2) is 48.5 Å². The molecule has 0 atom stereocenters. The molecule has 0 aromatic heterocycles. The van der Waals surface area contributed by atoms with Crippen LogP contribution in [0.1, 0.15) is 20.7 Å². The van der Waals surface area contributed by atoms with Gasteiger partial charge in [0.2, 0.25) is 5.91 Å². The van der Waals surface area contributed by atoms with Crippen LogP contribution in [-0.2, 0) is 4.84 Å². The van der Waals surface area contributed by atoms with E-state index in [4.69, 9.17) is 16.3 Å². The molecule has 0 bridgehead atoms. The Labute approximate surface area is 121 Å². The third-order valence-corrected chi connectivity index (χ3v) is 2.94. The van der Waals surface area contributed by atoms with Crippen molar-refractivity contribution < 1.29 is 14.4 Å². The molecule has 0 heterocycles. The van der Waals surface area contributed by atoms with Gasteiger partial charge in [-0.2, -0.15) is 0 Å². The first kappa shape index (κ1) is 14.5. The van der Waals surface area contributed by atoms with Crippen LogP contribution in [0.4, 0.5) is 11.4 Å². The molecule has 4 N–H and O–H groups in total. The molecule has 6 nitrogen and oxygen atoms in total. The lowest BCUT2D eigenvalue weighted by Crippen LogP contribution is -2.22. The second kappa shape index (κ2) is 6.06. The highest BCUT2D eigenvalue weighted by Crippen LogP contribution is 2.29. The third-order valence-electron chi connectivity index (χ3n) is 2.94. The highest BCUT2D eigenvalue weighted by molar-refractivity contribution is 6.02. The first-order chi connectivity index (χ1) is 10.0. The van der Waals surface area contributed by atoms with Crippen LogP contribution in [0.3, 0.4) is 0 Å². The Hall–Kier alpha value is -2.86. The molecule has 2 amide bonds. The highest BCUT2D eigenvalue weighted by Gasteiger charge is 2.18. The van der Waals surface area contributed by atoms with Gasteiger partial charge in [-0.25, -0.2) is 5.06 Å². The Bertz CT molecular complexity index is 671. The minimum atomic E-state index is -0.626. The molecule has 0 spiro atoms. The van der Waals surface area contributed by atoms with Gasteiger partial charge in [0.1, 0.15) is 0 Å². The van der Waals surface area contributed by atoms with E-state index in [-0.39, 0.29) is 11.1 Å². The average molecular weight is 285 g/mol. The summed E-state index contributed by atoms with van der Waals surface area (Å²) in [4.78, 5) is 28.2. The smallest absolute Gasteiger partial charge is 0.250 e. The normalized spacial score (nSPS) is 10.1. The largest absolute Gasteiger partial charge is 0.366 e. The van der Waals surface area contributed by atoms with Crippen molar-refractivity contribution in [3.8, 4) is 0 Å². The summed E-state index contributed by atoms with van der Waals surface area (Å²) in [6.45, 7) is 0. The van der Waals surface area contributed by atoms with Crippen molar-refractivity contribution in [3.05, 3.63) is 59.7 Å². The molecule has 0 aliphatic carbocycles. The molecule has 108 valence electrons. The lowest BCUT2D eigenvalue weighted by Gasteiger charge is -2.24. The first-order valence-electron chi connectivity index (χ1n) is 6.17. The fourth-order valence-corrected chi connectivity index (χ4v) is 1.97. The minimum Gasteiger partial charge on any atom is -0.366 e. The number of rotatable bonds is 5. The zero-order chi connectivity index (χ0) is 15.4. The van der Waals surface area contributed by atoms with Gasteiger partial charge in [-0.15, -0.1) is 0 Å². The summed E-state index contributed by atoms with van der Waals surface area (Å²) in [5.41, 5.74) is 12.2. The minimum absolute atomic E-state index is 0.228. The van der Waals surface area contributed by atoms with Crippen LogP contribution in [-0.4, -0.2) is 18.9 Å². The molecule has 0 saturated carbocycles. The van der Waals surface area contributed by atoms with Gasteiger partial charge in [-0.1, -0.05) is 18.2 Å². The van der Waals surface area contributed by atoms with Crippen molar-refractivity contribution >= 4 is 23.2 Å². The van der Waals surface area contributed by atoms with Gasteiger partial charge in [-0.05, 0) is 30.3 Å². The first-order valence-corrected chi connectivity index (χ1v) is 6.17. The molecule has 6 heteroatoms. The molecule has 0 radical (unpaired) electrons. The van der Waals surface area contributed by atoms with Crippen LogP contribution in [0, 0.1) is 0 Å². The lowest BCUT2D eigenvalue weighted by molar-refractivity contribution is 0.0987. The summed E-state index contributed by atoms with van der Waals surface area (Å²) in [5, 5.41) is 1.41. The molecule has 0 unspecified atom stereocenters. The van der Waals surface area contributed by atoms with E-state index in [1.54, 1.807) is 12.1 Å². The summed E-state index contributed by atoms with van der Waals surface area (Å²) in [7, 11) is 1.45. The van der Waals surface area contributed by atoms with Crippen LogP contribution in [0.25, 0.3) is 0 Å². The summed E-state index contributed by atoms with van der Waals surface area (Å²) in [6.07, 6.45) is 0. The molecule has 2 aromatic rings. The monoisotopic (exact) mass is 285 g/mol. The third kappa shape index (κ3) is 3.01. The second-order valence-electron chi connectivity index (χ2n) is 4.27. The standard InChI is InChI=1S/C15H15N3O3/c1-21-18(11-5-3-2-4-6-11)13-9-10(14(16)19)7-8-12(13)15(17)20/h2-9H,1H3,(H2,16,19)(H2,17,20). The predicted octanol–water partition coefficient (Wildman–Crippen LogP) is 1.58. The summed E-state index contributed by atoms with van der Waals surface area (Å²) in [5.74, 6) is -1.23. The molecule has 21 heavy (non-hydrogen) atoms. The van der Waals surface area contributed by atoms with Crippen molar-refractivity contribution in [1.82, 2.24) is 0 Å². The summed E-state index contributed by atoms with van der Waals surface area (Å²) < 4.78 is 0. The van der Waals surface area contributed by atoms with Crippen LogP contribution in [0.2, 0.25) is 0 Å². The molecule has 0 aliphatic heterocycles. The number of nitrogens with two attached hydrogens (primary N) is 2. The van der Waals surface area contributed by atoms with Crippen molar-refractivity contribution in [1.29, 1.82) is 0 Å². The predicted molar refractivity (Wildman–Crippen MR) is 79.1 cm³/mol. The summed E-state index contributed by atoms with van der Waals surface area (Å²) in [6, 6.07) is 13.5. The molecule has 0 saturated heterocycles. The van der Waals surface area contributed by atoms with Crippen molar-refractivity contribution in [3.63, 3.8) is 0 Å². The van der Waals surface area contributed by atoms with Crippen LogP contribution < -0.4 is 16.5 Å². The number of hydrogen-bond acceptors (Lipinski definition) is 4. The van der Waals surface area contributed by atoms with Gasteiger partial charge in [0.15, 0.2) is 0 Å². The Kier molecular flexibility index (Phi) is 4.20. The Morgan fingerprint density at radius 3 is 2.19 bits per heavy atom. The lowest BCUT2D eigenvalue weighted by atomic mass is 10.1. The number of primary amides is 2. The average Bonchev–Trinajstić information content (AvgIpc) is 2.48. The molecule has 0 fully saturated rings. The van der Waals surface area contributed by atoms with E-state index in [0.29, 0.717) is 11.4 Å². The molecule has 0 aliphatic rings. The fraction of sp³-hybridized carbons (Fsp3) is 0.0667. The topological polar surface area (TPSA) is 98.7 Å². The van der Waals surface area contributed by atoms with E-state index in [9.17, 15) is 9.59 Å². The number of benzene rings is 2. The maximum Gasteiger partial charge on any atom is 0.250 e.